The van der Waals surface area contributed by atoms with Crippen LogP contribution in [0.3, 0.4) is 0 Å². The van der Waals surface area contributed by atoms with Gasteiger partial charge in [0.25, 0.3) is 0 Å². The first kappa shape index (κ1) is 22.5. The Labute approximate surface area is 180 Å². The van der Waals surface area contributed by atoms with Crippen LogP contribution in [0.2, 0.25) is 0 Å². The molecule has 0 aliphatic rings. The number of anilines is 2. The van der Waals surface area contributed by atoms with Crippen molar-refractivity contribution in [1.29, 1.82) is 0 Å². The molecule has 1 atom stereocenters. The molecular weight excluding hydrogens is 436 g/mol. The van der Waals surface area contributed by atoms with E-state index in [1.807, 2.05) is 76.2 Å². The number of carbonyl (C=O) groups is 2. The van der Waals surface area contributed by atoms with Crippen molar-refractivity contribution in [3.05, 3.63) is 53.0 Å². The molecule has 0 aromatic heterocycles. The number of amides is 2. The van der Waals surface area contributed by atoms with Gasteiger partial charge in [-0.05, 0) is 58.1 Å². The van der Waals surface area contributed by atoms with Gasteiger partial charge < -0.3 is 10.6 Å². The molecule has 0 aliphatic carbocycles. The van der Waals surface area contributed by atoms with Gasteiger partial charge in [0.05, 0.1) is 10.9 Å². The number of thioether (sulfide) groups is 1. The van der Waals surface area contributed by atoms with Crippen LogP contribution in [0.5, 0.6) is 0 Å². The van der Waals surface area contributed by atoms with E-state index in [0.29, 0.717) is 12.8 Å². The van der Waals surface area contributed by atoms with E-state index in [1.54, 1.807) is 0 Å². The molecule has 2 amide bonds. The van der Waals surface area contributed by atoms with Crippen molar-refractivity contribution in [2.45, 2.75) is 50.7 Å². The van der Waals surface area contributed by atoms with E-state index in [9.17, 15) is 9.59 Å². The smallest absolute Gasteiger partial charge is 0.237 e. The molecule has 2 aromatic rings. The number of benzene rings is 2. The number of hydrogen-bond acceptors (Lipinski definition) is 3. The van der Waals surface area contributed by atoms with E-state index >= 15 is 0 Å². The van der Waals surface area contributed by atoms with Crippen molar-refractivity contribution < 1.29 is 9.59 Å². The van der Waals surface area contributed by atoms with Gasteiger partial charge in [-0.3, -0.25) is 9.59 Å². The lowest BCUT2D eigenvalue weighted by Crippen LogP contribution is -2.24. The Bertz CT molecular complexity index is 833. The SMILES string of the molecule is CCC(Sc1cccc(NC(=O)CC(C)(C)C)c1)C(=O)Nc1ccccc1Br. The maximum absolute atomic E-state index is 12.7. The molecule has 0 fully saturated rings. The number of nitrogens with one attached hydrogen (secondary N) is 2. The zero-order valence-electron chi connectivity index (χ0n) is 16.7. The Kier molecular flexibility index (Phi) is 8.13. The normalized spacial score (nSPS) is 12.3. The first-order valence-electron chi connectivity index (χ1n) is 9.30. The summed E-state index contributed by atoms with van der Waals surface area (Å²) in [6.45, 7) is 8.10. The van der Waals surface area contributed by atoms with Gasteiger partial charge in [-0.15, -0.1) is 11.8 Å². The molecule has 28 heavy (non-hydrogen) atoms. The maximum Gasteiger partial charge on any atom is 0.237 e. The van der Waals surface area contributed by atoms with E-state index in [4.69, 9.17) is 0 Å². The number of hydrogen-bond donors (Lipinski definition) is 2. The van der Waals surface area contributed by atoms with Crippen LogP contribution in [-0.2, 0) is 9.59 Å². The summed E-state index contributed by atoms with van der Waals surface area (Å²) in [7, 11) is 0. The van der Waals surface area contributed by atoms with Gasteiger partial charge in [-0.25, -0.2) is 0 Å². The molecule has 0 saturated carbocycles. The highest BCUT2D eigenvalue weighted by Gasteiger charge is 2.20. The maximum atomic E-state index is 12.7. The molecule has 0 heterocycles. The van der Waals surface area contributed by atoms with Gasteiger partial charge >= 0.3 is 0 Å². The molecule has 0 spiro atoms. The zero-order chi connectivity index (χ0) is 20.7. The number of halogens is 1. The Morgan fingerprint density at radius 1 is 1.07 bits per heavy atom. The van der Waals surface area contributed by atoms with Gasteiger partial charge in [0.15, 0.2) is 0 Å². The summed E-state index contributed by atoms with van der Waals surface area (Å²) in [4.78, 5) is 25.8. The largest absolute Gasteiger partial charge is 0.326 e. The fraction of sp³-hybridized carbons (Fsp3) is 0.364. The summed E-state index contributed by atoms with van der Waals surface area (Å²) in [5, 5.41) is 5.70. The number of carbonyl (C=O) groups excluding carboxylic acids is 2. The first-order chi connectivity index (χ1) is 13.2. The van der Waals surface area contributed by atoms with Crippen LogP contribution < -0.4 is 10.6 Å². The molecule has 1 unspecified atom stereocenters. The standard InChI is InChI=1S/C22H27BrN2O2S/c1-5-19(21(27)25-18-12-7-6-11-17(18)23)28-16-10-8-9-15(13-16)24-20(26)14-22(2,3)4/h6-13,19H,5,14H2,1-4H3,(H,24,26)(H,25,27). The second kappa shape index (κ2) is 10.1. The van der Waals surface area contributed by atoms with Gasteiger partial charge in [-0.2, -0.15) is 0 Å². The van der Waals surface area contributed by atoms with Gasteiger partial charge in [0.1, 0.15) is 0 Å². The fourth-order valence-electron chi connectivity index (χ4n) is 2.60. The van der Waals surface area contributed by atoms with Crippen LogP contribution in [-0.4, -0.2) is 17.1 Å². The predicted molar refractivity (Wildman–Crippen MR) is 122 cm³/mol. The van der Waals surface area contributed by atoms with Gasteiger partial charge in [0.2, 0.25) is 11.8 Å². The molecule has 2 N–H and O–H groups in total. The van der Waals surface area contributed by atoms with Crippen molar-refractivity contribution >= 4 is 50.9 Å². The molecule has 2 aromatic carbocycles. The molecule has 2 rings (SSSR count). The third kappa shape index (κ3) is 7.32. The highest BCUT2D eigenvalue weighted by Crippen LogP contribution is 2.30. The summed E-state index contributed by atoms with van der Waals surface area (Å²) in [6, 6.07) is 15.2. The minimum Gasteiger partial charge on any atom is -0.326 e. The molecular formula is C22H27BrN2O2S. The van der Waals surface area contributed by atoms with Crippen molar-refractivity contribution in [3.63, 3.8) is 0 Å². The number of rotatable bonds is 7. The lowest BCUT2D eigenvalue weighted by Gasteiger charge is -2.18. The lowest BCUT2D eigenvalue weighted by molar-refractivity contribution is -0.118. The minimum atomic E-state index is -0.229. The fourth-order valence-corrected chi connectivity index (χ4v) is 3.99. The molecule has 0 saturated heterocycles. The topological polar surface area (TPSA) is 58.2 Å². The summed E-state index contributed by atoms with van der Waals surface area (Å²) < 4.78 is 0.853. The van der Waals surface area contributed by atoms with Crippen LogP contribution in [0.4, 0.5) is 11.4 Å². The summed E-state index contributed by atoms with van der Waals surface area (Å²) in [5.74, 6) is -0.0464. The highest BCUT2D eigenvalue weighted by atomic mass is 79.9. The van der Waals surface area contributed by atoms with Crippen molar-refractivity contribution in [2.24, 2.45) is 5.41 Å². The predicted octanol–water partition coefficient (Wildman–Crippen LogP) is 6.33. The van der Waals surface area contributed by atoms with E-state index in [1.165, 1.54) is 11.8 Å². The Morgan fingerprint density at radius 3 is 2.43 bits per heavy atom. The number of para-hydroxylation sites is 1. The third-order valence-corrected chi connectivity index (χ3v) is 5.93. The molecule has 4 nitrogen and oxygen atoms in total. The summed E-state index contributed by atoms with van der Waals surface area (Å²) >= 11 is 4.95. The van der Waals surface area contributed by atoms with E-state index in [0.717, 1.165) is 20.7 Å². The summed E-state index contributed by atoms with van der Waals surface area (Å²) in [6.07, 6.45) is 1.15. The average Bonchev–Trinajstić information content (AvgIpc) is 2.60. The van der Waals surface area contributed by atoms with Crippen molar-refractivity contribution in [2.75, 3.05) is 10.6 Å². The van der Waals surface area contributed by atoms with Crippen molar-refractivity contribution in [3.8, 4) is 0 Å². The van der Waals surface area contributed by atoms with Crippen LogP contribution >= 0.6 is 27.7 Å². The average molecular weight is 463 g/mol. The molecule has 6 heteroatoms. The highest BCUT2D eigenvalue weighted by molar-refractivity contribution is 9.10. The molecule has 150 valence electrons. The van der Waals surface area contributed by atoms with E-state index in [2.05, 4.69) is 26.6 Å². The van der Waals surface area contributed by atoms with Crippen molar-refractivity contribution in [1.82, 2.24) is 0 Å². The van der Waals surface area contributed by atoms with Gasteiger partial charge in [-0.1, -0.05) is 45.9 Å². The van der Waals surface area contributed by atoms with Crippen LogP contribution in [0.1, 0.15) is 40.5 Å². The minimum absolute atomic E-state index is 0.00615. The van der Waals surface area contributed by atoms with E-state index < -0.39 is 0 Å². The van der Waals surface area contributed by atoms with Gasteiger partial charge in [0, 0.05) is 21.5 Å². The lowest BCUT2D eigenvalue weighted by atomic mass is 9.92. The first-order valence-corrected chi connectivity index (χ1v) is 11.0. The molecule has 0 aliphatic heterocycles. The van der Waals surface area contributed by atoms with Crippen LogP contribution in [0, 0.1) is 5.41 Å². The quantitative estimate of drug-likeness (QED) is 0.472. The van der Waals surface area contributed by atoms with Crippen LogP contribution in [0.15, 0.2) is 57.9 Å². The Balaban J connectivity index is 2.03. The Morgan fingerprint density at radius 2 is 1.79 bits per heavy atom. The third-order valence-electron chi connectivity index (χ3n) is 3.88. The zero-order valence-corrected chi connectivity index (χ0v) is 19.1. The second-order valence-electron chi connectivity index (χ2n) is 7.80. The Hall–Kier alpha value is -1.79. The van der Waals surface area contributed by atoms with Crippen LogP contribution in [0.25, 0.3) is 0 Å². The van der Waals surface area contributed by atoms with E-state index in [-0.39, 0.29) is 22.5 Å². The molecule has 0 radical (unpaired) electrons. The summed E-state index contributed by atoms with van der Waals surface area (Å²) in [5.41, 5.74) is 1.45. The second-order valence-corrected chi connectivity index (χ2v) is 9.93. The monoisotopic (exact) mass is 462 g/mol. The molecule has 0 bridgehead atoms.